The first kappa shape index (κ1) is 13.5. The van der Waals surface area contributed by atoms with E-state index in [9.17, 15) is 8.78 Å². The maximum atomic E-state index is 13.2. The second kappa shape index (κ2) is 5.83. The first-order valence-electron chi connectivity index (χ1n) is 6.77. The third-order valence-electron chi connectivity index (χ3n) is 3.70. The second-order valence-electron chi connectivity index (χ2n) is 5.14. The van der Waals surface area contributed by atoms with Crippen LogP contribution in [0.4, 0.5) is 8.78 Å². The lowest BCUT2D eigenvalue weighted by Crippen LogP contribution is -2.34. The molecule has 2 rings (SSSR count). The Kier molecular flexibility index (Phi) is 4.38. The van der Waals surface area contributed by atoms with E-state index >= 15 is 0 Å². The summed E-state index contributed by atoms with van der Waals surface area (Å²) < 4.78 is 31.8. The monoisotopic (exact) mass is 257 g/mol. The maximum absolute atomic E-state index is 13.2. The Morgan fingerprint density at radius 2 is 2.17 bits per heavy atom. The van der Waals surface area contributed by atoms with Crippen LogP contribution in [0.15, 0.2) is 22.8 Å². The standard InChI is InChI=1S/C14H21F2NO/c1-2-9-17-13(12-4-3-10-18-12)11-5-7-14(15,16)8-6-11/h3-4,10-11,13,17H,2,5-9H2,1H3. The third kappa shape index (κ3) is 3.31. The number of furan rings is 1. The lowest BCUT2D eigenvalue weighted by atomic mass is 9.81. The molecule has 1 aliphatic rings. The van der Waals surface area contributed by atoms with Gasteiger partial charge in [-0.15, -0.1) is 0 Å². The van der Waals surface area contributed by atoms with Crippen LogP contribution >= 0.6 is 0 Å². The second-order valence-corrected chi connectivity index (χ2v) is 5.14. The molecule has 1 heterocycles. The van der Waals surface area contributed by atoms with Gasteiger partial charge in [0.15, 0.2) is 0 Å². The molecule has 1 aromatic rings. The van der Waals surface area contributed by atoms with Crippen LogP contribution in [0.1, 0.15) is 50.8 Å². The van der Waals surface area contributed by atoms with Crippen molar-refractivity contribution in [2.24, 2.45) is 5.92 Å². The van der Waals surface area contributed by atoms with Gasteiger partial charge in [-0.25, -0.2) is 8.78 Å². The molecule has 102 valence electrons. The number of hydrogen-bond acceptors (Lipinski definition) is 2. The first-order chi connectivity index (χ1) is 8.62. The zero-order valence-corrected chi connectivity index (χ0v) is 10.8. The molecular weight excluding hydrogens is 236 g/mol. The van der Waals surface area contributed by atoms with Gasteiger partial charge in [0.25, 0.3) is 0 Å². The van der Waals surface area contributed by atoms with Crippen molar-refractivity contribution in [3.8, 4) is 0 Å². The topological polar surface area (TPSA) is 25.2 Å². The summed E-state index contributed by atoms with van der Waals surface area (Å²) in [5, 5.41) is 3.43. The van der Waals surface area contributed by atoms with E-state index in [4.69, 9.17) is 4.42 Å². The van der Waals surface area contributed by atoms with Gasteiger partial charge in [-0.05, 0) is 43.9 Å². The van der Waals surface area contributed by atoms with Gasteiger partial charge in [0, 0.05) is 12.8 Å². The van der Waals surface area contributed by atoms with Crippen LogP contribution in [-0.2, 0) is 0 Å². The summed E-state index contributed by atoms with van der Waals surface area (Å²) in [4.78, 5) is 0. The van der Waals surface area contributed by atoms with Crippen LogP contribution in [-0.4, -0.2) is 12.5 Å². The Bertz CT molecular complexity index is 341. The molecule has 4 heteroatoms. The molecule has 0 saturated heterocycles. The SMILES string of the molecule is CCCNC(c1ccco1)C1CCC(F)(F)CC1. The molecule has 2 nitrogen and oxygen atoms in total. The van der Waals surface area contributed by atoms with E-state index in [0.717, 1.165) is 18.7 Å². The number of nitrogens with one attached hydrogen (secondary N) is 1. The highest BCUT2D eigenvalue weighted by molar-refractivity contribution is 5.07. The quantitative estimate of drug-likeness (QED) is 0.857. The van der Waals surface area contributed by atoms with Gasteiger partial charge in [0.2, 0.25) is 5.92 Å². The fourth-order valence-corrected chi connectivity index (χ4v) is 2.66. The molecule has 1 N–H and O–H groups in total. The fraction of sp³-hybridized carbons (Fsp3) is 0.714. The maximum Gasteiger partial charge on any atom is 0.248 e. The molecule has 1 saturated carbocycles. The largest absolute Gasteiger partial charge is 0.468 e. The van der Waals surface area contributed by atoms with E-state index in [1.807, 2.05) is 12.1 Å². The van der Waals surface area contributed by atoms with Crippen molar-refractivity contribution in [3.63, 3.8) is 0 Å². The number of halogens is 2. The molecule has 1 fully saturated rings. The predicted molar refractivity (Wildman–Crippen MR) is 66.6 cm³/mol. The average molecular weight is 257 g/mol. The lowest BCUT2D eigenvalue weighted by molar-refractivity contribution is -0.0505. The molecule has 0 radical (unpaired) electrons. The highest BCUT2D eigenvalue weighted by atomic mass is 19.3. The zero-order valence-electron chi connectivity index (χ0n) is 10.8. The van der Waals surface area contributed by atoms with Gasteiger partial charge in [-0.1, -0.05) is 6.92 Å². The fourth-order valence-electron chi connectivity index (χ4n) is 2.66. The van der Waals surface area contributed by atoms with E-state index in [2.05, 4.69) is 12.2 Å². The van der Waals surface area contributed by atoms with Crippen LogP contribution in [0.5, 0.6) is 0 Å². The van der Waals surface area contributed by atoms with Crippen LogP contribution in [0, 0.1) is 5.92 Å². The van der Waals surface area contributed by atoms with Gasteiger partial charge < -0.3 is 9.73 Å². The molecule has 0 bridgehead atoms. The number of hydrogen-bond donors (Lipinski definition) is 1. The summed E-state index contributed by atoms with van der Waals surface area (Å²) >= 11 is 0. The summed E-state index contributed by atoms with van der Waals surface area (Å²) in [5.41, 5.74) is 0. The van der Waals surface area contributed by atoms with Gasteiger partial charge in [0.05, 0.1) is 12.3 Å². The van der Waals surface area contributed by atoms with E-state index < -0.39 is 5.92 Å². The third-order valence-corrected chi connectivity index (χ3v) is 3.70. The van der Waals surface area contributed by atoms with Crippen LogP contribution < -0.4 is 5.32 Å². The molecule has 0 aliphatic heterocycles. The minimum absolute atomic E-state index is 0.00266. The minimum atomic E-state index is -2.46. The van der Waals surface area contributed by atoms with E-state index in [1.165, 1.54) is 0 Å². The Hall–Kier alpha value is -0.900. The van der Waals surface area contributed by atoms with E-state index in [0.29, 0.717) is 12.8 Å². The Labute approximate surface area is 107 Å². The molecule has 1 atom stereocenters. The lowest BCUT2D eigenvalue weighted by Gasteiger charge is -2.33. The van der Waals surface area contributed by atoms with Gasteiger partial charge in [0.1, 0.15) is 5.76 Å². The van der Waals surface area contributed by atoms with Crippen molar-refractivity contribution >= 4 is 0 Å². The van der Waals surface area contributed by atoms with Crippen molar-refractivity contribution in [2.45, 2.75) is 51.0 Å². The highest BCUT2D eigenvalue weighted by Gasteiger charge is 2.38. The van der Waals surface area contributed by atoms with E-state index in [-0.39, 0.29) is 24.8 Å². The summed E-state index contributed by atoms with van der Waals surface area (Å²) in [5.74, 6) is -1.34. The Morgan fingerprint density at radius 3 is 2.72 bits per heavy atom. The zero-order chi connectivity index (χ0) is 13.0. The van der Waals surface area contributed by atoms with Crippen molar-refractivity contribution in [1.29, 1.82) is 0 Å². The summed E-state index contributed by atoms with van der Waals surface area (Å²) in [6, 6.07) is 3.86. The van der Waals surface area contributed by atoms with Gasteiger partial charge >= 0.3 is 0 Å². The molecule has 1 aromatic heterocycles. The van der Waals surface area contributed by atoms with Crippen LogP contribution in [0.2, 0.25) is 0 Å². The van der Waals surface area contributed by atoms with E-state index in [1.54, 1.807) is 6.26 Å². The summed E-state index contributed by atoms with van der Waals surface area (Å²) in [6.07, 6.45) is 3.81. The van der Waals surface area contributed by atoms with Crippen molar-refractivity contribution in [3.05, 3.63) is 24.2 Å². The average Bonchev–Trinajstić information content (AvgIpc) is 2.85. The molecule has 1 aliphatic carbocycles. The Balaban J connectivity index is 2.01. The molecule has 1 unspecified atom stereocenters. The van der Waals surface area contributed by atoms with Crippen LogP contribution in [0.25, 0.3) is 0 Å². The van der Waals surface area contributed by atoms with Crippen molar-refractivity contribution in [2.75, 3.05) is 6.54 Å². The molecule has 0 aromatic carbocycles. The normalized spacial score (nSPS) is 21.9. The van der Waals surface area contributed by atoms with Gasteiger partial charge in [-0.3, -0.25) is 0 Å². The Morgan fingerprint density at radius 1 is 1.44 bits per heavy atom. The number of alkyl halides is 2. The van der Waals surface area contributed by atoms with Crippen molar-refractivity contribution < 1.29 is 13.2 Å². The number of rotatable bonds is 5. The molecule has 0 amide bonds. The summed E-state index contributed by atoms with van der Waals surface area (Å²) in [7, 11) is 0. The first-order valence-corrected chi connectivity index (χ1v) is 6.77. The molecule has 0 spiro atoms. The minimum Gasteiger partial charge on any atom is -0.468 e. The summed E-state index contributed by atoms with van der Waals surface area (Å²) in [6.45, 7) is 2.99. The van der Waals surface area contributed by atoms with Gasteiger partial charge in [-0.2, -0.15) is 0 Å². The molecular formula is C14H21F2NO. The smallest absolute Gasteiger partial charge is 0.248 e. The predicted octanol–water partition coefficient (Wildman–Crippen LogP) is 4.15. The highest BCUT2D eigenvalue weighted by Crippen LogP contribution is 2.41. The molecule has 18 heavy (non-hydrogen) atoms. The van der Waals surface area contributed by atoms with Crippen molar-refractivity contribution in [1.82, 2.24) is 5.32 Å². The van der Waals surface area contributed by atoms with Crippen LogP contribution in [0.3, 0.4) is 0 Å².